The number of hydrogen-bond acceptors (Lipinski definition) is 2. The smallest absolute Gasteiger partial charge is 0.239 e. The van der Waals surface area contributed by atoms with Gasteiger partial charge in [0, 0.05) is 13.6 Å². The molecule has 0 saturated carbocycles. The van der Waals surface area contributed by atoms with Crippen molar-refractivity contribution in [3.05, 3.63) is 35.4 Å². The van der Waals surface area contributed by atoms with Crippen LogP contribution in [0.5, 0.6) is 0 Å². The Morgan fingerprint density at radius 2 is 2.26 bits per heavy atom. The minimum Gasteiger partial charge on any atom is -0.340 e. The molecular weight excluding hydrogens is 236 g/mol. The maximum atomic E-state index is 12.4. The van der Waals surface area contributed by atoms with Crippen molar-refractivity contribution < 1.29 is 4.79 Å². The molecule has 19 heavy (non-hydrogen) atoms. The van der Waals surface area contributed by atoms with Gasteiger partial charge in [-0.25, -0.2) is 0 Å². The van der Waals surface area contributed by atoms with Gasteiger partial charge in [0.15, 0.2) is 0 Å². The highest BCUT2D eigenvalue weighted by molar-refractivity contribution is 5.81. The monoisotopic (exact) mass is 260 g/mol. The van der Waals surface area contributed by atoms with Crippen molar-refractivity contribution in [2.45, 2.75) is 39.3 Å². The van der Waals surface area contributed by atoms with Crippen molar-refractivity contribution in [3.8, 4) is 0 Å². The maximum Gasteiger partial charge on any atom is 0.239 e. The Morgan fingerprint density at radius 1 is 1.47 bits per heavy atom. The lowest BCUT2D eigenvalue weighted by Crippen LogP contribution is -2.48. The highest BCUT2D eigenvalue weighted by Gasteiger charge is 2.26. The van der Waals surface area contributed by atoms with E-state index in [2.05, 4.69) is 37.4 Å². The molecule has 3 heteroatoms. The molecule has 0 aliphatic carbocycles. The van der Waals surface area contributed by atoms with Crippen molar-refractivity contribution in [3.63, 3.8) is 0 Å². The molecule has 3 nitrogen and oxygen atoms in total. The zero-order valence-electron chi connectivity index (χ0n) is 12.1. The predicted octanol–water partition coefficient (Wildman–Crippen LogP) is 2.34. The third-order valence-electron chi connectivity index (χ3n) is 3.84. The summed E-state index contributed by atoms with van der Waals surface area (Å²) >= 11 is 0. The van der Waals surface area contributed by atoms with Crippen LogP contribution in [0, 0.1) is 12.8 Å². The SMILES string of the molecule is Cc1cccc(CN(C)C(=O)C2CC(C)CCN2)c1. The quantitative estimate of drug-likeness (QED) is 0.904. The van der Waals surface area contributed by atoms with E-state index in [4.69, 9.17) is 0 Å². The van der Waals surface area contributed by atoms with Gasteiger partial charge in [-0.3, -0.25) is 4.79 Å². The highest BCUT2D eigenvalue weighted by Crippen LogP contribution is 2.17. The minimum atomic E-state index is -0.00133. The normalized spacial score (nSPS) is 23.1. The van der Waals surface area contributed by atoms with Crippen LogP contribution >= 0.6 is 0 Å². The van der Waals surface area contributed by atoms with Gasteiger partial charge < -0.3 is 10.2 Å². The van der Waals surface area contributed by atoms with Crippen LogP contribution in [0.1, 0.15) is 30.9 Å². The van der Waals surface area contributed by atoms with E-state index in [1.54, 1.807) is 0 Å². The van der Waals surface area contributed by atoms with E-state index in [1.807, 2.05) is 18.0 Å². The number of aryl methyl sites for hydroxylation is 1. The van der Waals surface area contributed by atoms with Crippen LogP contribution in [0.4, 0.5) is 0 Å². The molecule has 2 atom stereocenters. The van der Waals surface area contributed by atoms with Crippen LogP contribution in [0.15, 0.2) is 24.3 Å². The van der Waals surface area contributed by atoms with Gasteiger partial charge in [-0.15, -0.1) is 0 Å². The molecule has 0 aromatic heterocycles. The number of hydrogen-bond donors (Lipinski definition) is 1. The van der Waals surface area contributed by atoms with E-state index in [9.17, 15) is 4.79 Å². The molecule has 0 spiro atoms. The predicted molar refractivity (Wildman–Crippen MR) is 77.8 cm³/mol. The van der Waals surface area contributed by atoms with E-state index in [1.165, 1.54) is 17.5 Å². The molecular formula is C16H24N2O. The summed E-state index contributed by atoms with van der Waals surface area (Å²) in [4.78, 5) is 14.2. The van der Waals surface area contributed by atoms with E-state index in [-0.39, 0.29) is 11.9 Å². The largest absolute Gasteiger partial charge is 0.340 e. The van der Waals surface area contributed by atoms with Crippen molar-refractivity contribution in [1.29, 1.82) is 0 Å². The second-order valence-electron chi connectivity index (χ2n) is 5.82. The minimum absolute atomic E-state index is 0.00133. The Hall–Kier alpha value is -1.35. The summed E-state index contributed by atoms with van der Waals surface area (Å²) in [7, 11) is 1.89. The van der Waals surface area contributed by atoms with E-state index >= 15 is 0 Å². The lowest BCUT2D eigenvalue weighted by molar-refractivity contribution is -0.133. The standard InChI is InChI=1S/C16H24N2O/c1-12-5-4-6-14(9-12)11-18(3)16(19)15-10-13(2)7-8-17-15/h4-6,9,13,15,17H,7-8,10-11H2,1-3H3. The van der Waals surface area contributed by atoms with Crippen LogP contribution < -0.4 is 5.32 Å². The second-order valence-corrected chi connectivity index (χ2v) is 5.82. The summed E-state index contributed by atoms with van der Waals surface area (Å²) in [6, 6.07) is 8.34. The number of carbonyl (C=O) groups excluding carboxylic acids is 1. The summed E-state index contributed by atoms with van der Waals surface area (Å²) in [5, 5.41) is 3.34. The fourth-order valence-electron chi connectivity index (χ4n) is 2.72. The molecule has 1 aliphatic rings. The zero-order valence-corrected chi connectivity index (χ0v) is 12.1. The molecule has 1 heterocycles. The maximum absolute atomic E-state index is 12.4. The third kappa shape index (κ3) is 3.80. The van der Waals surface area contributed by atoms with Gasteiger partial charge >= 0.3 is 0 Å². The molecule has 2 rings (SSSR count). The first-order valence-electron chi connectivity index (χ1n) is 7.10. The Morgan fingerprint density at radius 3 is 2.95 bits per heavy atom. The summed E-state index contributed by atoms with van der Waals surface area (Å²) in [6.07, 6.45) is 2.13. The van der Waals surface area contributed by atoms with Gasteiger partial charge in [0.2, 0.25) is 5.91 Å². The summed E-state index contributed by atoms with van der Waals surface area (Å²) < 4.78 is 0. The average molecular weight is 260 g/mol. The molecule has 1 N–H and O–H groups in total. The molecule has 0 bridgehead atoms. The van der Waals surface area contributed by atoms with E-state index in [0.29, 0.717) is 12.5 Å². The Bertz CT molecular complexity index is 444. The highest BCUT2D eigenvalue weighted by atomic mass is 16.2. The summed E-state index contributed by atoms with van der Waals surface area (Å²) in [5.74, 6) is 0.857. The molecule has 1 aromatic rings. The van der Waals surface area contributed by atoms with Crippen LogP contribution in [-0.4, -0.2) is 30.4 Å². The number of likely N-dealkylation sites (N-methyl/N-ethyl adjacent to an activating group) is 1. The topological polar surface area (TPSA) is 32.3 Å². The molecule has 1 fully saturated rings. The fourth-order valence-corrected chi connectivity index (χ4v) is 2.72. The van der Waals surface area contributed by atoms with Crippen LogP contribution in [-0.2, 0) is 11.3 Å². The number of carbonyl (C=O) groups is 1. The first-order chi connectivity index (χ1) is 9.06. The van der Waals surface area contributed by atoms with Gasteiger partial charge in [-0.05, 0) is 37.8 Å². The Kier molecular flexibility index (Phi) is 4.59. The first-order valence-corrected chi connectivity index (χ1v) is 7.10. The number of piperidine rings is 1. The lowest BCUT2D eigenvalue weighted by Gasteiger charge is -2.30. The molecule has 0 radical (unpaired) electrons. The summed E-state index contributed by atoms with van der Waals surface area (Å²) in [6.45, 7) is 5.94. The van der Waals surface area contributed by atoms with Gasteiger partial charge in [0.1, 0.15) is 0 Å². The van der Waals surface area contributed by atoms with Gasteiger partial charge in [-0.2, -0.15) is 0 Å². The number of amides is 1. The van der Waals surface area contributed by atoms with Gasteiger partial charge in [-0.1, -0.05) is 36.8 Å². The molecule has 1 aliphatic heterocycles. The summed E-state index contributed by atoms with van der Waals surface area (Å²) in [5.41, 5.74) is 2.43. The Labute approximate surface area is 116 Å². The molecule has 2 unspecified atom stereocenters. The number of benzene rings is 1. The molecule has 1 amide bonds. The van der Waals surface area contributed by atoms with Crippen LogP contribution in [0.3, 0.4) is 0 Å². The second kappa shape index (κ2) is 6.20. The third-order valence-corrected chi connectivity index (χ3v) is 3.84. The number of rotatable bonds is 3. The number of nitrogens with one attached hydrogen (secondary N) is 1. The molecule has 1 aromatic carbocycles. The average Bonchev–Trinajstić information content (AvgIpc) is 2.38. The zero-order chi connectivity index (χ0) is 13.8. The van der Waals surface area contributed by atoms with Crippen LogP contribution in [0.2, 0.25) is 0 Å². The van der Waals surface area contributed by atoms with Crippen molar-refractivity contribution >= 4 is 5.91 Å². The van der Waals surface area contributed by atoms with Crippen molar-refractivity contribution in [2.75, 3.05) is 13.6 Å². The molecule has 104 valence electrons. The van der Waals surface area contributed by atoms with Crippen molar-refractivity contribution in [2.24, 2.45) is 5.92 Å². The van der Waals surface area contributed by atoms with E-state index in [0.717, 1.165) is 13.0 Å². The Balaban J connectivity index is 1.95. The molecule has 1 saturated heterocycles. The van der Waals surface area contributed by atoms with E-state index < -0.39 is 0 Å². The first kappa shape index (κ1) is 14.1. The van der Waals surface area contributed by atoms with Gasteiger partial charge in [0.05, 0.1) is 6.04 Å². The number of nitrogens with zero attached hydrogens (tertiary/aromatic N) is 1. The lowest BCUT2D eigenvalue weighted by atomic mass is 9.93. The van der Waals surface area contributed by atoms with Gasteiger partial charge in [0.25, 0.3) is 0 Å². The fraction of sp³-hybridized carbons (Fsp3) is 0.562. The van der Waals surface area contributed by atoms with Crippen LogP contribution in [0.25, 0.3) is 0 Å². The van der Waals surface area contributed by atoms with Crippen molar-refractivity contribution in [1.82, 2.24) is 10.2 Å².